The number of benzene rings is 1. The van der Waals surface area contributed by atoms with Crippen molar-refractivity contribution in [1.82, 2.24) is 10.6 Å². The summed E-state index contributed by atoms with van der Waals surface area (Å²) in [4.78, 5) is 4.44. The Morgan fingerprint density at radius 3 is 2.54 bits per heavy atom. The van der Waals surface area contributed by atoms with Crippen molar-refractivity contribution in [1.29, 1.82) is 0 Å². The molecule has 0 aliphatic carbocycles. The number of alkyl halides is 3. The predicted octanol–water partition coefficient (Wildman–Crippen LogP) is 2.55. The monoisotopic (exact) mass is 373 g/mol. The number of rotatable bonds is 7. The Kier molecular flexibility index (Phi) is 7.28. The lowest BCUT2D eigenvalue weighted by atomic mass is 9.84. The average Bonchev–Trinajstić information content (AvgIpc) is 3.06. The fourth-order valence-corrected chi connectivity index (χ4v) is 2.89. The highest BCUT2D eigenvalue weighted by molar-refractivity contribution is 5.79. The number of hydrogen-bond acceptors (Lipinski definition) is 3. The zero-order chi connectivity index (χ0) is 19.0. The number of aliphatic hydroxyl groups excluding tert-OH is 1. The average molecular weight is 373 g/mol. The standard InChI is InChI=1S/C18H26F3N3O2/c1-2-22-16(24-12-17(7-9-25)8-10-26-13-17)23-11-14-3-5-15(6-4-14)18(19,20)21/h3-6,25H,2,7-13H2,1H3,(H2,22,23,24). The van der Waals surface area contributed by atoms with E-state index in [1.165, 1.54) is 12.1 Å². The van der Waals surface area contributed by atoms with Crippen molar-refractivity contribution in [3.05, 3.63) is 35.4 Å². The van der Waals surface area contributed by atoms with Crippen LogP contribution in [0, 0.1) is 5.41 Å². The van der Waals surface area contributed by atoms with Gasteiger partial charge >= 0.3 is 6.18 Å². The lowest BCUT2D eigenvalue weighted by molar-refractivity contribution is -0.137. The topological polar surface area (TPSA) is 65.9 Å². The van der Waals surface area contributed by atoms with E-state index in [-0.39, 0.29) is 18.6 Å². The summed E-state index contributed by atoms with van der Waals surface area (Å²) >= 11 is 0. The minimum atomic E-state index is -4.33. The van der Waals surface area contributed by atoms with Gasteiger partial charge in [-0.15, -0.1) is 0 Å². The predicted molar refractivity (Wildman–Crippen MR) is 93.8 cm³/mol. The minimum Gasteiger partial charge on any atom is -0.396 e. The molecule has 5 nitrogen and oxygen atoms in total. The number of nitrogens with zero attached hydrogens (tertiary/aromatic N) is 1. The highest BCUT2D eigenvalue weighted by Gasteiger charge is 2.34. The number of guanidine groups is 1. The molecule has 3 N–H and O–H groups in total. The van der Waals surface area contributed by atoms with Crippen LogP contribution in [0.2, 0.25) is 0 Å². The molecule has 1 aromatic rings. The van der Waals surface area contributed by atoms with Gasteiger partial charge in [-0.3, -0.25) is 0 Å². The van der Waals surface area contributed by atoms with Crippen LogP contribution in [0.1, 0.15) is 30.9 Å². The summed E-state index contributed by atoms with van der Waals surface area (Å²) in [5, 5.41) is 15.7. The Hall–Kier alpha value is -1.80. The maximum absolute atomic E-state index is 12.6. The maximum atomic E-state index is 12.6. The molecule has 0 aromatic heterocycles. The molecule has 0 radical (unpaired) electrons. The van der Waals surface area contributed by atoms with Crippen molar-refractivity contribution >= 4 is 5.96 Å². The van der Waals surface area contributed by atoms with E-state index < -0.39 is 11.7 Å². The molecule has 1 heterocycles. The SMILES string of the molecule is CCNC(=NCc1ccc(C(F)(F)F)cc1)NCC1(CCO)CCOC1. The summed E-state index contributed by atoms with van der Waals surface area (Å²) in [5.74, 6) is 0.594. The van der Waals surface area contributed by atoms with E-state index in [0.717, 1.165) is 18.6 Å². The molecule has 0 bridgehead atoms. The molecule has 0 spiro atoms. The van der Waals surface area contributed by atoms with E-state index in [2.05, 4.69) is 15.6 Å². The van der Waals surface area contributed by atoms with Crippen molar-refractivity contribution in [2.24, 2.45) is 10.4 Å². The molecule has 2 rings (SSSR count). The van der Waals surface area contributed by atoms with Crippen LogP contribution in [0.4, 0.5) is 13.2 Å². The smallest absolute Gasteiger partial charge is 0.396 e. The van der Waals surface area contributed by atoms with Gasteiger partial charge in [0.2, 0.25) is 0 Å². The van der Waals surface area contributed by atoms with Crippen molar-refractivity contribution in [2.75, 3.05) is 32.9 Å². The first-order valence-corrected chi connectivity index (χ1v) is 8.75. The number of ether oxygens (including phenoxy) is 1. The third-order valence-corrected chi connectivity index (χ3v) is 4.50. The third-order valence-electron chi connectivity index (χ3n) is 4.50. The van der Waals surface area contributed by atoms with Crippen LogP contribution in [0.5, 0.6) is 0 Å². The van der Waals surface area contributed by atoms with Gasteiger partial charge in [0.05, 0.1) is 18.7 Å². The molecule has 1 aliphatic rings. The van der Waals surface area contributed by atoms with Crippen molar-refractivity contribution < 1.29 is 23.0 Å². The highest BCUT2D eigenvalue weighted by Crippen LogP contribution is 2.31. The first kappa shape index (κ1) is 20.5. The highest BCUT2D eigenvalue weighted by atomic mass is 19.4. The van der Waals surface area contributed by atoms with Gasteiger partial charge in [0.25, 0.3) is 0 Å². The first-order valence-electron chi connectivity index (χ1n) is 8.75. The molecule has 26 heavy (non-hydrogen) atoms. The molecule has 1 saturated heterocycles. The molecular formula is C18H26F3N3O2. The number of aliphatic hydroxyl groups is 1. The molecule has 0 saturated carbocycles. The van der Waals surface area contributed by atoms with Gasteiger partial charge in [0.15, 0.2) is 5.96 Å². The molecular weight excluding hydrogens is 347 g/mol. The van der Waals surface area contributed by atoms with Crippen LogP contribution >= 0.6 is 0 Å². The van der Waals surface area contributed by atoms with Gasteiger partial charge in [-0.2, -0.15) is 13.2 Å². The van der Waals surface area contributed by atoms with Crippen molar-refractivity contribution in [3.63, 3.8) is 0 Å². The number of hydrogen-bond donors (Lipinski definition) is 3. The van der Waals surface area contributed by atoms with Gasteiger partial charge in [-0.1, -0.05) is 12.1 Å². The van der Waals surface area contributed by atoms with E-state index in [4.69, 9.17) is 4.74 Å². The molecule has 8 heteroatoms. The number of halogens is 3. The molecule has 1 unspecified atom stereocenters. The normalized spacial score (nSPS) is 21.0. The third kappa shape index (κ3) is 5.88. The van der Waals surface area contributed by atoms with Gasteiger partial charge in [-0.25, -0.2) is 4.99 Å². The lowest BCUT2D eigenvalue weighted by Gasteiger charge is -2.27. The Balaban J connectivity index is 1.97. The summed E-state index contributed by atoms with van der Waals surface area (Å²) in [6.45, 7) is 4.88. The van der Waals surface area contributed by atoms with E-state index in [0.29, 0.717) is 44.2 Å². The fraction of sp³-hybridized carbons (Fsp3) is 0.611. The van der Waals surface area contributed by atoms with Gasteiger partial charge in [0, 0.05) is 31.7 Å². The Bertz CT molecular complexity index is 582. The quantitative estimate of drug-likeness (QED) is 0.508. The first-order chi connectivity index (χ1) is 12.4. The summed E-state index contributed by atoms with van der Waals surface area (Å²) in [6, 6.07) is 5.01. The lowest BCUT2D eigenvalue weighted by Crippen LogP contribution is -2.44. The minimum absolute atomic E-state index is 0.101. The Labute approximate surface area is 151 Å². The summed E-state index contributed by atoms with van der Waals surface area (Å²) < 4.78 is 43.3. The zero-order valence-electron chi connectivity index (χ0n) is 14.9. The van der Waals surface area contributed by atoms with Crippen molar-refractivity contribution in [3.8, 4) is 0 Å². The summed E-state index contributed by atoms with van der Waals surface area (Å²) in [5.41, 5.74) is -0.0776. The largest absolute Gasteiger partial charge is 0.416 e. The van der Waals surface area contributed by atoms with Crippen molar-refractivity contribution in [2.45, 2.75) is 32.5 Å². The second-order valence-electron chi connectivity index (χ2n) is 6.52. The van der Waals surface area contributed by atoms with E-state index in [9.17, 15) is 18.3 Å². The second-order valence-corrected chi connectivity index (χ2v) is 6.52. The maximum Gasteiger partial charge on any atom is 0.416 e. The van der Waals surface area contributed by atoms with Crippen LogP contribution in [0.15, 0.2) is 29.3 Å². The van der Waals surface area contributed by atoms with Crippen LogP contribution < -0.4 is 10.6 Å². The Morgan fingerprint density at radius 2 is 2.00 bits per heavy atom. The number of nitrogens with one attached hydrogen (secondary N) is 2. The van der Waals surface area contributed by atoms with Gasteiger partial charge in [0.1, 0.15) is 0 Å². The number of aliphatic imine (C=N–C) groups is 1. The molecule has 146 valence electrons. The van der Waals surface area contributed by atoms with Crippen LogP contribution in [0.25, 0.3) is 0 Å². The zero-order valence-corrected chi connectivity index (χ0v) is 14.9. The second kappa shape index (κ2) is 9.23. The summed E-state index contributed by atoms with van der Waals surface area (Å²) in [7, 11) is 0. The van der Waals surface area contributed by atoms with Crippen LogP contribution in [-0.2, 0) is 17.5 Å². The van der Waals surface area contributed by atoms with E-state index >= 15 is 0 Å². The molecule has 1 aliphatic heterocycles. The van der Waals surface area contributed by atoms with Gasteiger partial charge in [-0.05, 0) is 37.5 Å². The molecule has 1 atom stereocenters. The Morgan fingerprint density at radius 1 is 1.27 bits per heavy atom. The van der Waals surface area contributed by atoms with Crippen LogP contribution in [0.3, 0.4) is 0 Å². The summed E-state index contributed by atoms with van der Waals surface area (Å²) in [6.07, 6.45) is -2.81. The molecule has 1 fully saturated rings. The fourth-order valence-electron chi connectivity index (χ4n) is 2.89. The van der Waals surface area contributed by atoms with Gasteiger partial charge < -0.3 is 20.5 Å². The molecule has 0 amide bonds. The van der Waals surface area contributed by atoms with E-state index in [1.807, 2.05) is 6.92 Å². The van der Waals surface area contributed by atoms with Crippen LogP contribution in [-0.4, -0.2) is 44.0 Å². The molecule has 1 aromatic carbocycles. The van der Waals surface area contributed by atoms with E-state index in [1.54, 1.807) is 0 Å².